The first kappa shape index (κ1) is 19.5. The summed E-state index contributed by atoms with van der Waals surface area (Å²) in [6.07, 6.45) is 21.5. The maximum absolute atomic E-state index is 8.50. The Morgan fingerprint density at radius 2 is 1.54 bits per heavy atom. The summed E-state index contributed by atoms with van der Waals surface area (Å²) in [6.45, 7) is 3.32. The van der Waals surface area contributed by atoms with Gasteiger partial charge in [-0.1, -0.05) is 45.1 Å². The van der Waals surface area contributed by atoms with Crippen LogP contribution in [0.2, 0.25) is 0 Å². The van der Waals surface area contributed by atoms with Gasteiger partial charge in [-0.25, -0.2) is 0 Å². The van der Waals surface area contributed by atoms with E-state index >= 15 is 0 Å². The van der Waals surface area contributed by atoms with Crippen molar-refractivity contribution in [2.75, 3.05) is 6.61 Å². The Kier molecular flexibility index (Phi) is 9.51. The van der Waals surface area contributed by atoms with Crippen LogP contribution in [-0.2, 0) is 4.74 Å². The Bertz CT molecular complexity index is 381. The van der Waals surface area contributed by atoms with E-state index in [9.17, 15) is 0 Å². The van der Waals surface area contributed by atoms with Crippen LogP contribution in [0.4, 0.5) is 0 Å². The van der Waals surface area contributed by atoms with Crippen molar-refractivity contribution in [2.45, 2.75) is 96.5 Å². The molecule has 0 bridgehead atoms. The van der Waals surface area contributed by atoms with Crippen LogP contribution in [0.3, 0.4) is 0 Å². The van der Waals surface area contributed by atoms with Gasteiger partial charge in [-0.05, 0) is 69.1 Å². The fourth-order valence-electron chi connectivity index (χ4n) is 4.51. The number of hydrogen-bond acceptors (Lipinski definition) is 2. The lowest BCUT2D eigenvalue weighted by atomic mass is 9.80. The van der Waals surface area contributed by atoms with Crippen LogP contribution in [0.15, 0.2) is 12.2 Å². The van der Waals surface area contributed by atoms with Crippen LogP contribution >= 0.6 is 0 Å². The predicted octanol–water partition coefficient (Wildman–Crippen LogP) is 6.42. The second-order valence-electron chi connectivity index (χ2n) is 8.11. The lowest BCUT2D eigenvalue weighted by Gasteiger charge is -2.32. The topological polar surface area (TPSA) is 33.0 Å². The zero-order chi connectivity index (χ0) is 17.0. The maximum atomic E-state index is 8.50. The molecule has 0 aliphatic heterocycles. The molecule has 2 rings (SSSR count). The second-order valence-corrected chi connectivity index (χ2v) is 8.11. The van der Waals surface area contributed by atoms with E-state index in [1.807, 2.05) is 6.08 Å². The highest BCUT2D eigenvalue weighted by Crippen LogP contribution is 2.34. The fourth-order valence-corrected chi connectivity index (χ4v) is 4.51. The first-order valence-electron chi connectivity index (χ1n) is 10.5. The summed E-state index contributed by atoms with van der Waals surface area (Å²) in [5.74, 6) is 2.69. The van der Waals surface area contributed by atoms with E-state index in [1.54, 1.807) is 6.08 Å². The minimum Gasteiger partial charge on any atom is -0.378 e. The lowest BCUT2D eigenvalue weighted by molar-refractivity contribution is -0.0102. The van der Waals surface area contributed by atoms with Gasteiger partial charge in [0.25, 0.3) is 0 Å². The molecule has 0 spiro atoms. The highest BCUT2D eigenvalue weighted by molar-refractivity contribution is 5.01. The Morgan fingerprint density at radius 3 is 2.21 bits per heavy atom. The summed E-state index contributed by atoms with van der Waals surface area (Å²) >= 11 is 0. The van der Waals surface area contributed by atoms with Gasteiger partial charge in [0, 0.05) is 12.7 Å². The molecule has 2 fully saturated rings. The molecule has 2 saturated carbocycles. The van der Waals surface area contributed by atoms with Crippen molar-refractivity contribution < 1.29 is 4.74 Å². The zero-order valence-corrected chi connectivity index (χ0v) is 15.7. The molecule has 2 aliphatic carbocycles. The molecular weight excluding hydrogens is 294 g/mol. The molecule has 24 heavy (non-hydrogen) atoms. The molecule has 2 heteroatoms. The van der Waals surface area contributed by atoms with Crippen molar-refractivity contribution in [2.24, 2.45) is 17.8 Å². The van der Waals surface area contributed by atoms with Crippen molar-refractivity contribution >= 4 is 0 Å². The molecule has 0 N–H and O–H groups in total. The number of rotatable bonds is 9. The van der Waals surface area contributed by atoms with Gasteiger partial charge in [-0.2, -0.15) is 5.26 Å². The zero-order valence-electron chi connectivity index (χ0n) is 15.7. The SMILES string of the molecule is CCCCC1CCC(COC2CCC(CC/C=C/C#N)CC2)CC1. The molecule has 0 aromatic heterocycles. The maximum Gasteiger partial charge on any atom is 0.0908 e. The van der Waals surface area contributed by atoms with Crippen LogP contribution in [-0.4, -0.2) is 12.7 Å². The van der Waals surface area contributed by atoms with Crippen LogP contribution in [0.25, 0.3) is 0 Å². The normalized spacial score (nSPS) is 31.2. The second kappa shape index (κ2) is 11.7. The van der Waals surface area contributed by atoms with Gasteiger partial charge in [0.05, 0.1) is 12.2 Å². The third kappa shape index (κ3) is 7.39. The van der Waals surface area contributed by atoms with Crippen molar-refractivity contribution in [1.82, 2.24) is 0 Å². The van der Waals surface area contributed by atoms with Crippen molar-refractivity contribution in [3.05, 3.63) is 12.2 Å². The van der Waals surface area contributed by atoms with Crippen LogP contribution in [0.5, 0.6) is 0 Å². The summed E-state index contributed by atoms with van der Waals surface area (Å²) < 4.78 is 6.27. The summed E-state index contributed by atoms with van der Waals surface area (Å²) in [5.41, 5.74) is 0. The van der Waals surface area contributed by atoms with Crippen LogP contribution < -0.4 is 0 Å². The highest BCUT2D eigenvalue weighted by Gasteiger charge is 2.24. The number of nitriles is 1. The Morgan fingerprint density at radius 1 is 0.917 bits per heavy atom. The average molecular weight is 332 g/mol. The molecule has 0 aromatic rings. The van der Waals surface area contributed by atoms with Gasteiger partial charge in [-0.15, -0.1) is 0 Å². The van der Waals surface area contributed by atoms with E-state index in [2.05, 4.69) is 13.0 Å². The average Bonchev–Trinajstić information content (AvgIpc) is 2.64. The van der Waals surface area contributed by atoms with Crippen molar-refractivity contribution in [3.63, 3.8) is 0 Å². The first-order chi connectivity index (χ1) is 11.8. The van der Waals surface area contributed by atoms with Gasteiger partial charge in [0.15, 0.2) is 0 Å². The summed E-state index contributed by atoms with van der Waals surface area (Å²) in [6, 6.07) is 2.07. The molecule has 2 nitrogen and oxygen atoms in total. The van der Waals surface area contributed by atoms with E-state index in [0.717, 1.165) is 30.8 Å². The molecule has 136 valence electrons. The largest absolute Gasteiger partial charge is 0.378 e. The third-order valence-electron chi connectivity index (χ3n) is 6.23. The molecule has 2 aliphatic rings. The van der Waals surface area contributed by atoms with Gasteiger partial charge < -0.3 is 4.74 Å². The number of allylic oxidation sites excluding steroid dienone is 2. The molecule has 0 aromatic carbocycles. The number of unbranched alkanes of at least 4 members (excludes halogenated alkanes) is 1. The monoisotopic (exact) mass is 331 g/mol. The number of nitrogens with zero attached hydrogens (tertiary/aromatic N) is 1. The highest BCUT2D eigenvalue weighted by atomic mass is 16.5. The molecule has 0 unspecified atom stereocenters. The van der Waals surface area contributed by atoms with Crippen molar-refractivity contribution in [3.8, 4) is 6.07 Å². The Labute approximate surface area is 149 Å². The summed E-state index contributed by atoms with van der Waals surface area (Å²) in [4.78, 5) is 0. The quantitative estimate of drug-likeness (QED) is 0.457. The Balaban J connectivity index is 1.52. The minimum atomic E-state index is 0.522. The molecule has 0 heterocycles. The first-order valence-corrected chi connectivity index (χ1v) is 10.5. The minimum absolute atomic E-state index is 0.522. The van der Waals surface area contributed by atoms with Gasteiger partial charge in [-0.3, -0.25) is 0 Å². The van der Waals surface area contributed by atoms with Gasteiger partial charge >= 0.3 is 0 Å². The number of hydrogen-bond donors (Lipinski definition) is 0. The van der Waals surface area contributed by atoms with E-state index in [-0.39, 0.29) is 0 Å². The third-order valence-corrected chi connectivity index (χ3v) is 6.23. The predicted molar refractivity (Wildman–Crippen MR) is 101 cm³/mol. The van der Waals surface area contributed by atoms with E-state index < -0.39 is 0 Å². The molecule has 0 saturated heterocycles. The molecule has 0 atom stereocenters. The van der Waals surface area contributed by atoms with Crippen LogP contribution in [0, 0.1) is 29.1 Å². The molecule has 0 radical (unpaired) electrons. The van der Waals surface area contributed by atoms with Gasteiger partial charge in [0.2, 0.25) is 0 Å². The Hall–Kier alpha value is -0.810. The van der Waals surface area contributed by atoms with Crippen LogP contribution in [0.1, 0.15) is 90.4 Å². The number of ether oxygens (including phenoxy) is 1. The molecule has 0 amide bonds. The van der Waals surface area contributed by atoms with E-state index in [0.29, 0.717) is 6.10 Å². The summed E-state index contributed by atoms with van der Waals surface area (Å²) in [5, 5.41) is 8.50. The smallest absolute Gasteiger partial charge is 0.0908 e. The lowest BCUT2D eigenvalue weighted by Crippen LogP contribution is -2.26. The summed E-state index contributed by atoms with van der Waals surface area (Å²) in [7, 11) is 0. The van der Waals surface area contributed by atoms with Crippen molar-refractivity contribution in [1.29, 1.82) is 5.26 Å². The van der Waals surface area contributed by atoms with E-state index in [4.69, 9.17) is 10.00 Å². The van der Waals surface area contributed by atoms with Gasteiger partial charge in [0.1, 0.15) is 0 Å². The standard InChI is InChI=1S/C22H37NO/c1-2-3-7-19-9-11-21(12-10-19)18-24-22-15-13-20(14-16-22)8-5-4-6-17-23/h4,6,19-22H,2-3,5,7-16,18H2,1H3/b6-4+. The fraction of sp³-hybridized carbons (Fsp3) is 0.864. The molecular formula is C22H37NO. The van der Waals surface area contributed by atoms with E-state index in [1.165, 1.54) is 77.0 Å².